The van der Waals surface area contributed by atoms with Crippen LogP contribution in [-0.4, -0.2) is 37.2 Å². The average Bonchev–Trinajstić information content (AvgIpc) is 3.37. The maximum atomic E-state index is 12.9. The molecule has 0 aliphatic carbocycles. The van der Waals surface area contributed by atoms with E-state index in [0.29, 0.717) is 19.3 Å². The van der Waals surface area contributed by atoms with E-state index in [9.17, 15) is 14.4 Å². The van der Waals surface area contributed by atoms with Crippen LogP contribution in [0.4, 0.5) is 0 Å². The number of esters is 3. The van der Waals surface area contributed by atoms with E-state index in [1.807, 2.05) is 0 Å². The molecule has 0 aliphatic heterocycles. The molecular weight excluding hydrogens is 877 g/mol. The maximum Gasteiger partial charge on any atom is 0.306 e. The van der Waals surface area contributed by atoms with Gasteiger partial charge in [0, 0.05) is 19.3 Å². The lowest BCUT2D eigenvalue weighted by Crippen LogP contribution is -2.30. The van der Waals surface area contributed by atoms with Gasteiger partial charge in [-0.05, 0) is 44.9 Å². The summed E-state index contributed by atoms with van der Waals surface area (Å²) < 4.78 is 16.9. The van der Waals surface area contributed by atoms with E-state index in [1.165, 1.54) is 270 Å². The third-order valence-corrected chi connectivity index (χ3v) is 14.8. The van der Waals surface area contributed by atoms with E-state index in [1.54, 1.807) is 0 Å². The van der Waals surface area contributed by atoms with Gasteiger partial charge in [0.25, 0.3) is 0 Å². The van der Waals surface area contributed by atoms with Gasteiger partial charge in [0.15, 0.2) is 6.10 Å². The molecule has 0 aromatic rings. The first kappa shape index (κ1) is 69.2. The molecule has 0 aromatic heterocycles. The van der Waals surface area contributed by atoms with Crippen molar-refractivity contribution in [1.82, 2.24) is 0 Å². The normalized spacial score (nSPS) is 12.0. The summed E-state index contributed by atoms with van der Waals surface area (Å²) in [6.45, 7) is 6.70. The Balaban J connectivity index is 4.21. The monoisotopic (exact) mass is 1000 g/mol. The summed E-state index contributed by atoms with van der Waals surface area (Å²) in [4.78, 5) is 38.2. The first-order valence-corrected chi connectivity index (χ1v) is 32.2. The van der Waals surface area contributed by atoms with Crippen LogP contribution in [0.25, 0.3) is 0 Å². The van der Waals surface area contributed by atoms with Gasteiger partial charge in [0.05, 0.1) is 0 Å². The van der Waals surface area contributed by atoms with Gasteiger partial charge in [-0.1, -0.05) is 315 Å². The van der Waals surface area contributed by atoms with Crippen LogP contribution in [0.2, 0.25) is 0 Å². The molecule has 6 heteroatoms. The molecule has 1 atom stereocenters. The Hall–Kier alpha value is -1.85. The molecule has 0 N–H and O–H groups in total. The van der Waals surface area contributed by atoms with Gasteiger partial charge in [-0.3, -0.25) is 14.4 Å². The summed E-state index contributed by atoms with van der Waals surface area (Å²) in [5, 5.41) is 0. The van der Waals surface area contributed by atoms with Crippen LogP contribution in [0, 0.1) is 0 Å². The minimum absolute atomic E-state index is 0.0636. The molecular formula is C65H124O6. The van der Waals surface area contributed by atoms with Gasteiger partial charge >= 0.3 is 17.9 Å². The minimum atomic E-state index is -0.765. The van der Waals surface area contributed by atoms with Gasteiger partial charge in [-0.15, -0.1) is 0 Å². The van der Waals surface area contributed by atoms with Crippen molar-refractivity contribution in [1.29, 1.82) is 0 Å². The highest BCUT2D eigenvalue weighted by Gasteiger charge is 2.19. The largest absolute Gasteiger partial charge is 0.462 e. The van der Waals surface area contributed by atoms with E-state index >= 15 is 0 Å². The van der Waals surface area contributed by atoms with Crippen molar-refractivity contribution in [2.45, 2.75) is 374 Å². The number of allylic oxidation sites excluding steroid dienone is 2. The lowest BCUT2D eigenvalue weighted by Gasteiger charge is -2.18. The van der Waals surface area contributed by atoms with E-state index in [2.05, 4.69) is 32.9 Å². The zero-order valence-corrected chi connectivity index (χ0v) is 48.3. The van der Waals surface area contributed by atoms with Crippen molar-refractivity contribution in [2.24, 2.45) is 0 Å². The van der Waals surface area contributed by atoms with Gasteiger partial charge in [0.1, 0.15) is 13.2 Å². The molecule has 0 amide bonds. The second-order valence-electron chi connectivity index (χ2n) is 22.0. The SMILES string of the molecule is CCCCCCCC/C=C\CCCCCCCCCCCCCC(=O)OC[C@H](COC(=O)CCCCCCCCCCCCC)OC(=O)CCCCCCCCCCCCCCCCCCCCCCC. The van der Waals surface area contributed by atoms with Gasteiger partial charge in [-0.25, -0.2) is 0 Å². The average molecular weight is 1000 g/mol. The summed E-state index contributed by atoms with van der Waals surface area (Å²) in [6, 6.07) is 0. The summed E-state index contributed by atoms with van der Waals surface area (Å²) in [7, 11) is 0. The van der Waals surface area contributed by atoms with Crippen LogP contribution in [0.3, 0.4) is 0 Å². The Morgan fingerprint density at radius 2 is 0.465 bits per heavy atom. The highest BCUT2D eigenvalue weighted by Crippen LogP contribution is 2.18. The fourth-order valence-corrected chi connectivity index (χ4v) is 9.91. The highest BCUT2D eigenvalue weighted by molar-refractivity contribution is 5.71. The Labute approximate surface area is 443 Å². The zero-order valence-electron chi connectivity index (χ0n) is 48.3. The number of hydrogen-bond acceptors (Lipinski definition) is 6. The standard InChI is InChI=1S/C65H124O6/c1-4-7-10-13-16-19-22-24-26-28-30-32-34-36-38-40-43-46-49-52-55-58-64(67)70-61-62(60-69-63(66)57-54-51-48-45-42-21-18-15-12-9-6-3)71-65(68)59-56-53-50-47-44-41-39-37-35-33-31-29-27-25-23-20-17-14-11-8-5-2/h24,26,62H,4-23,25,27-61H2,1-3H3/b26-24-/t62-/m0/s1. The van der Waals surface area contributed by atoms with Crippen LogP contribution in [0.1, 0.15) is 367 Å². The molecule has 0 aliphatic rings. The molecule has 0 aromatic carbocycles. The van der Waals surface area contributed by atoms with Gasteiger partial charge in [-0.2, -0.15) is 0 Å². The molecule has 0 bridgehead atoms. The molecule has 420 valence electrons. The second-order valence-corrected chi connectivity index (χ2v) is 22.0. The Morgan fingerprint density at radius 3 is 0.704 bits per heavy atom. The topological polar surface area (TPSA) is 78.9 Å². The van der Waals surface area contributed by atoms with Crippen molar-refractivity contribution in [2.75, 3.05) is 13.2 Å². The molecule has 0 rings (SSSR count). The fraction of sp³-hybridized carbons (Fsp3) is 0.923. The third kappa shape index (κ3) is 58.9. The van der Waals surface area contributed by atoms with Crippen molar-refractivity contribution >= 4 is 17.9 Å². The van der Waals surface area contributed by atoms with Crippen molar-refractivity contribution in [3.05, 3.63) is 12.2 Å². The molecule has 0 fully saturated rings. The first-order valence-electron chi connectivity index (χ1n) is 32.2. The number of carbonyl (C=O) groups excluding carboxylic acids is 3. The quantitative estimate of drug-likeness (QED) is 0.0261. The Morgan fingerprint density at radius 1 is 0.268 bits per heavy atom. The van der Waals surface area contributed by atoms with E-state index in [-0.39, 0.29) is 31.1 Å². The van der Waals surface area contributed by atoms with Crippen LogP contribution in [-0.2, 0) is 28.6 Å². The maximum absolute atomic E-state index is 12.9. The second kappa shape index (κ2) is 60.7. The summed E-state index contributed by atoms with van der Waals surface area (Å²) >= 11 is 0. The zero-order chi connectivity index (χ0) is 51.4. The van der Waals surface area contributed by atoms with Crippen LogP contribution < -0.4 is 0 Å². The lowest BCUT2D eigenvalue weighted by molar-refractivity contribution is -0.167. The van der Waals surface area contributed by atoms with Gasteiger partial charge < -0.3 is 14.2 Å². The predicted octanol–water partition coefficient (Wildman–Crippen LogP) is 21.7. The number of carbonyl (C=O) groups is 3. The van der Waals surface area contributed by atoms with Crippen LogP contribution >= 0.6 is 0 Å². The molecule has 0 saturated heterocycles. The third-order valence-electron chi connectivity index (χ3n) is 14.8. The molecule has 0 unspecified atom stereocenters. The van der Waals surface area contributed by atoms with Crippen molar-refractivity contribution in [3.63, 3.8) is 0 Å². The van der Waals surface area contributed by atoms with E-state index in [4.69, 9.17) is 14.2 Å². The summed E-state index contributed by atoms with van der Waals surface area (Å²) in [5.41, 5.74) is 0. The Bertz CT molecular complexity index is 1100. The minimum Gasteiger partial charge on any atom is -0.462 e. The molecule has 6 nitrogen and oxygen atoms in total. The molecule has 0 radical (unpaired) electrons. The molecule has 0 spiro atoms. The first-order chi connectivity index (χ1) is 35.0. The number of unbranched alkanes of at least 4 members (excludes halogenated alkanes) is 47. The van der Waals surface area contributed by atoms with Crippen molar-refractivity contribution < 1.29 is 28.6 Å². The smallest absolute Gasteiger partial charge is 0.306 e. The molecule has 71 heavy (non-hydrogen) atoms. The Kier molecular flexibility index (Phi) is 59.1. The van der Waals surface area contributed by atoms with E-state index < -0.39 is 6.10 Å². The predicted molar refractivity (Wildman–Crippen MR) is 307 cm³/mol. The van der Waals surface area contributed by atoms with Crippen LogP contribution in [0.5, 0.6) is 0 Å². The summed E-state index contributed by atoms with van der Waals surface area (Å²) in [5.74, 6) is -0.835. The van der Waals surface area contributed by atoms with Crippen LogP contribution in [0.15, 0.2) is 12.2 Å². The molecule has 0 saturated carbocycles. The number of rotatable bonds is 60. The fourth-order valence-electron chi connectivity index (χ4n) is 9.91. The summed E-state index contributed by atoms with van der Waals surface area (Å²) in [6.07, 6.45) is 70.8. The van der Waals surface area contributed by atoms with Gasteiger partial charge in [0.2, 0.25) is 0 Å². The van der Waals surface area contributed by atoms with Crippen molar-refractivity contribution in [3.8, 4) is 0 Å². The molecule has 0 heterocycles. The number of hydrogen-bond donors (Lipinski definition) is 0. The lowest BCUT2D eigenvalue weighted by atomic mass is 10.0. The highest BCUT2D eigenvalue weighted by atomic mass is 16.6. The van der Waals surface area contributed by atoms with E-state index in [0.717, 1.165) is 57.8 Å². The number of ether oxygens (including phenoxy) is 3.